The molecule has 1 aromatic rings. The molecule has 1 heteroatoms. The second-order valence-electron chi connectivity index (χ2n) is 4.89. The highest BCUT2D eigenvalue weighted by Crippen LogP contribution is 2.32. The van der Waals surface area contributed by atoms with Gasteiger partial charge in [-0.1, -0.05) is 64.2 Å². The van der Waals surface area contributed by atoms with Crippen LogP contribution in [0.3, 0.4) is 0 Å². The Morgan fingerprint density at radius 1 is 0.941 bits per heavy atom. The SMILES string of the molecule is CCCCCCC(CCC)c1ccccc1O. The van der Waals surface area contributed by atoms with Gasteiger partial charge in [0.15, 0.2) is 0 Å². The monoisotopic (exact) mass is 234 g/mol. The second kappa shape index (κ2) is 8.16. The molecule has 1 rings (SSSR count). The van der Waals surface area contributed by atoms with Gasteiger partial charge in [0, 0.05) is 0 Å². The van der Waals surface area contributed by atoms with Gasteiger partial charge < -0.3 is 5.11 Å². The van der Waals surface area contributed by atoms with Gasteiger partial charge in [-0.3, -0.25) is 0 Å². The molecule has 0 aliphatic carbocycles. The van der Waals surface area contributed by atoms with Crippen LogP contribution >= 0.6 is 0 Å². The minimum Gasteiger partial charge on any atom is -0.508 e. The van der Waals surface area contributed by atoms with Gasteiger partial charge >= 0.3 is 0 Å². The predicted molar refractivity (Wildman–Crippen MR) is 74.5 cm³/mol. The van der Waals surface area contributed by atoms with Crippen molar-refractivity contribution in [2.45, 2.75) is 64.7 Å². The van der Waals surface area contributed by atoms with Crippen molar-refractivity contribution in [1.82, 2.24) is 0 Å². The van der Waals surface area contributed by atoms with E-state index >= 15 is 0 Å². The van der Waals surface area contributed by atoms with Crippen LogP contribution in [0.5, 0.6) is 5.75 Å². The van der Waals surface area contributed by atoms with E-state index in [0.717, 1.165) is 5.56 Å². The number of hydrogen-bond acceptors (Lipinski definition) is 1. The predicted octanol–water partition coefficient (Wildman–Crippen LogP) is 5.25. The zero-order chi connectivity index (χ0) is 12.5. The van der Waals surface area contributed by atoms with E-state index in [0.29, 0.717) is 11.7 Å². The lowest BCUT2D eigenvalue weighted by Crippen LogP contribution is -1.99. The zero-order valence-corrected chi connectivity index (χ0v) is 11.3. The molecule has 1 nitrogen and oxygen atoms in total. The van der Waals surface area contributed by atoms with Crippen LogP contribution < -0.4 is 0 Å². The molecule has 1 unspecified atom stereocenters. The molecule has 0 fully saturated rings. The minimum atomic E-state index is 0.474. The highest BCUT2D eigenvalue weighted by atomic mass is 16.3. The molecular weight excluding hydrogens is 208 g/mol. The molecule has 0 aliphatic rings. The number of benzene rings is 1. The standard InChI is InChI=1S/C16H26O/c1-3-5-6-7-11-14(10-4-2)15-12-8-9-13-16(15)17/h8-9,12-14,17H,3-7,10-11H2,1-2H3. The van der Waals surface area contributed by atoms with E-state index in [1.54, 1.807) is 0 Å². The normalized spacial score (nSPS) is 12.6. The van der Waals surface area contributed by atoms with Crippen LogP contribution in [0.2, 0.25) is 0 Å². The van der Waals surface area contributed by atoms with Crippen molar-refractivity contribution in [3.8, 4) is 5.75 Å². The molecule has 1 atom stereocenters. The first kappa shape index (κ1) is 14.1. The first-order valence-electron chi connectivity index (χ1n) is 7.07. The van der Waals surface area contributed by atoms with Gasteiger partial charge in [-0.15, -0.1) is 0 Å². The molecule has 0 bridgehead atoms. The first-order chi connectivity index (χ1) is 8.29. The summed E-state index contributed by atoms with van der Waals surface area (Å²) in [7, 11) is 0. The lowest BCUT2D eigenvalue weighted by atomic mass is 9.89. The summed E-state index contributed by atoms with van der Waals surface area (Å²) in [6.45, 7) is 4.46. The number of hydrogen-bond donors (Lipinski definition) is 1. The molecule has 0 aromatic heterocycles. The summed E-state index contributed by atoms with van der Waals surface area (Å²) in [5, 5.41) is 9.91. The maximum absolute atomic E-state index is 9.91. The molecule has 0 heterocycles. The first-order valence-corrected chi connectivity index (χ1v) is 7.07. The molecule has 1 N–H and O–H groups in total. The average Bonchev–Trinajstić information content (AvgIpc) is 2.34. The van der Waals surface area contributed by atoms with Gasteiger partial charge in [0.2, 0.25) is 0 Å². The second-order valence-corrected chi connectivity index (χ2v) is 4.89. The van der Waals surface area contributed by atoms with Crippen molar-refractivity contribution in [3.63, 3.8) is 0 Å². The largest absolute Gasteiger partial charge is 0.508 e. The molecule has 0 spiro atoms. The molecule has 1 aromatic carbocycles. The van der Waals surface area contributed by atoms with Crippen LogP contribution in [0.15, 0.2) is 24.3 Å². The fraction of sp³-hybridized carbons (Fsp3) is 0.625. The molecule has 0 aliphatic heterocycles. The minimum absolute atomic E-state index is 0.474. The summed E-state index contributed by atoms with van der Waals surface area (Å²) in [6.07, 6.45) is 8.81. The van der Waals surface area contributed by atoms with E-state index in [9.17, 15) is 5.11 Å². The Morgan fingerprint density at radius 2 is 1.71 bits per heavy atom. The van der Waals surface area contributed by atoms with Crippen molar-refractivity contribution in [2.24, 2.45) is 0 Å². The fourth-order valence-electron chi connectivity index (χ4n) is 2.45. The van der Waals surface area contributed by atoms with Crippen LogP contribution in [0.4, 0.5) is 0 Å². The summed E-state index contributed by atoms with van der Waals surface area (Å²) in [4.78, 5) is 0. The Morgan fingerprint density at radius 3 is 2.35 bits per heavy atom. The van der Waals surface area contributed by atoms with Gasteiger partial charge in [-0.2, -0.15) is 0 Å². The molecular formula is C16H26O. The van der Waals surface area contributed by atoms with Crippen LogP contribution in [-0.2, 0) is 0 Å². The fourth-order valence-corrected chi connectivity index (χ4v) is 2.45. The van der Waals surface area contributed by atoms with Crippen LogP contribution in [-0.4, -0.2) is 5.11 Å². The average molecular weight is 234 g/mol. The van der Waals surface area contributed by atoms with Gasteiger partial charge in [-0.05, 0) is 30.4 Å². The lowest BCUT2D eigenvalue weighted by Gasteiger charge is -2.17. The van der Waals surface area contributed by atoms with Crippen LogP contribution in [0, 0.1) is 0 Å². The lowest BCUT2D eigenvalue weighted by molar-refractivity contribution is 0.446. The van der Waals surface area contributed by atoms with Gasteiger partial charge in [0.05, 0.1) is 0 Å². The Bertz CT molecular complexity index is 306. The van der Waals surface area contributed by atoms with Crippen molar-refractivity contribution in [3.05, 3.63) is 29.8 Å². The smallest absolute Gasteiger partial charge is 0.119 e. The molecule has 0 amide bonds. The van der Waals surface area contributed by atoms with Gasteiger partial charge in [0.1, 0.15) is 5.75 Å². The molecule has 96 valence electrons. The molecule has 0 saturated carbocycles. The number of phenolic OH excluding ortho intramolecular Hbond substituents is 1. The maximum atomic E-state index is 9.91. The topological polar surface area (TPSA) is 20.2 Å². The van der Waals surface area contributed by atoms with Crippen LogP contribution in [0.1, 0.15) is 70.3 Å². The third-order valence-corrected chi connectivity index (χ3v) is 3.42. The Hall–Kier alpha value is -0.980. The molecule has 0 radical (unpaired) electrons. The number of unbranched alkanes of at least 4 members (excludes halogenated alkanes) is 3. The third kappa shape index (κ3) is 4.80. The van der Waals surface area contributed by atoms with Crippen molar-refractivity contribution < 1.29 is 5.11 Å². The maximum Gasteiger partial charge on any atom is 0.119 e. The summed E-state index contributed by atoms with van der Waals surface area (Å²) in [6, 6.07) is 7.82. The van der Waals surface area contributed by atoms with E-state index in [4.69, 9.17) is 0 Å². The van der Waals surface area contributed by atoms with Crippen molar-refractivity contribution in [1.29, 1.82) is 0 Å². The summed E-state index contributed by atoms with van der Waals surface area (Å²) in [5.41, 5.74) is 1.14. The molecule has 0 saturated heterocycles. The van der Waals surface area contributed by atoms with E-state index < -0.39 is 0 Å². The Labute approximate surface area is 106 Å². The summed E-state index contributed by atoms with van der Waals surface area (Å²) < 4.78 is 0. The Balaban J connectivity index is 2.56. The van der Waals surface area contributed by atoms with Crippen LogP contribution in [0.25, 0.3) is 0 Å². The highest BCUT2D eigenvalue weighted by Gasteiger charge is 2.13. The number of rotatable bonds is 8. The van der Waals surface area contributed by atoms with E-state index in [-0.39, 0.29) is 0 Å². The van der Waals surface area contributed by atoms with Gasteiger partial charge in [0.25, 0.3) is 0 Å². The van der Waals surface area contributed by atoms with Crippen molar-refractivity contribution >= 4 is 0 Å². The van der Waals surface area contributed by atoms with Gasteiger partial charge in [-0.25, -0.2) is 0 Å². The van der Waals surface area contributed by atoms with E-state index in [1.165, 1.54) is 44.9 Å². The number of aromatic hydroxyl groups is 1. The van der Waals surface area contributed by atoms with E-state index in [2.05, 4.69) is 19.9 Å². The van der Waals surface area contributed by atoms with Crippen molar-refractivity contribution in [2.75, 3.05) is 0 Å². The van der Waals surface area contributed by atoms with E-state index in [1.807, 2.05) is 18.2 Å². The summed E-state index contributed by atoms with van der Waals surface area (Å²) >= 11 is 0. The number of para-hydroxylation sites is 1. The quantitative estimate of drug-likeness (QED) is 0.609. The molecule has 17 heavy (non-hydrogen) atoms. The summed E-state index contributed by atoms with van der Waals surface area (Å²) in [5.74, 6) is 1.01. The number of phenols is 1. The highest BCUT2D eigenvalue weighted by molar-refractivity contribution is 5.34. The zero-order valence-electron chi connectivity index (χ0n) is 11.3. The Kier molecular flexibility index (Phi) is 6.76. The third-order valence-electron chi connectivity index (χ3n) is 3.42.